The highest BCUT2D eigenvalue weighted by molar-refractivity contribution is 5.98. The van der Waals surface area contributed by atoms with Gasteiger partial charge in [0, 0.05) is 43.4 Å². The zero-order valence-electron chi connectivity index (χ0n) is 17.0. The smallest absolute Gasteiger partial charge is 0.222 e. The Balaban J connectivity index is 1.36. The minimum atomic E-state index is -0.119. The molecule has 30 heavy (non-hydrogen) atoms. The second-order valence-corrected chi connectivity index (χ2v) is 7.84. The maximum absolute atomic E-state index is 13.1. The van der Waals surface area contributed by atoms with Crippen LogP contribution >= 0.6 is 0 Å². The fourth-order valence-corrected chi connectivity index (χ4v) is 4.07. The molecule has 1 amide bonds. The van der Waals surface area contributed by atoms with Crippen molar-refractivity contribution in [3.63, 3.8) is 0 Å². The predicted molar refractivity (Wildman–Crippen MR) is 118 cm³/mol. The van der Waals surface area contributed by atoms with Crippen LogP contribution in [0.5, 0.6) is 0 Å². The van der Waals surface area contributed by atoms with Crippen LogP contribution in [0.3, 0.4) is 0 Å². The number of carbonyl (C=O) groups excluding carboxylic acids is 2. The SMILES string of the molecule is O=C(c1ccc(-c2ccccc2)cc1)[C@@H]1CCCN(C(=O)CCc2ccncc2)C1. The lowest BCUT2D eigenvalue weighted by Crippen LogP contribution is -2.42. The standard InChI is InChI=1S/C26H26N2O2/c29-25(13-8-20-14-16-27-17-15-20)28-18-4-7-24(19-28)26(30)23-11-9-22(10-12-23)21-5-2-1-3-6-21/h1-3,5-6,9-12,14-17,24H,4,7-8,13,18-19H2/t24-/m1/s1. The Hall–Kier alpha value is -3.27. The van der Waals surface area contributed by atoms with E-state index in [1.165, 1.54) is 0 Å². The summed E-state index contributed by atoms with van der Waals surface area (Å²) in [5.74, 6) is 0.149. The maximum Gasteiger partial charge on any atom is 0.222 e. The molecule has 2 aromatic carbocycles. The number of piperidine rings is 1. The third-order valence-corrected chi connectivity index (χ3v) is 5.80. The van der Waals surface area contributed by atoms with E-state index in [4.69, 9.17) is 0 Å². The molecule has 2 heterocycles. The Kier molecular flexibility index (Phi) is 6.33. The number of carbonyl (C=O) groups is 2. The Labute approximate surface area is 177 Å². The van der Waals surface area contributed by atoms with Gasteiger partial charge in [0.15, 0.2) is 5.78 Å². The molecule has 1 saturated heterocycles. The number of aryl methyl sites for hydroxylation is 1. The van der Waals surface area contributed by atoms with Crippen molar-refractivity contribution in [1.82, 2.24) is 9.88 Å². The van der Waals surface area contributed by atoms with Crippen molar-refractivity contribution in [3.8, 4) is 11.1 Å². The molecule has 1 fully saturated rings. The summed E-state index contributed by atoms with van der Waals surface area (Å²) in [6.07, 6.45) is 6.39. The molecule has 1 aliphatic heterocycles. The summed E-state index contributed by atoms with van der Waals surface area (Å²) in [5.41, 5.74) is 4.08. The first kappa shape index (κ1) is 20.0. The van der Waals surface area contributed by atoms with E-state index in [2.05, 4.69) is 17.1 Å². The average Bonchev–Trinajstić information content (AvgIpc) is 2.83. The molecule has 3 aromatic rings. The van der Waals surface area contributed by atoms with Gasteiger partial charge in [-0.2, -0.15) is 0 Å². The van der Waals surface area contributed by atoms with E-state index >= 15 is 0 Å². The zero-order valence-corrected chi connectivity index (χ0v) is 17.0. The van der Waals surface area contributed by atoms with Crippen LogP contribution < -0.4 is 0 Å². The lowest BCUT2D eigenvalue weighted by atomic mass is 9.89. The molecule has 1 aliphatic rings. The van der Waals surface area contributed by atoms with E-state index in [0.717, 1.165) is 41.6 Å². The molecule has 152 valence electrons. The van der Waals surface area contributed by atoms with Gasteiger partial charge < -0.3 is 4.90 Å². The first-order valence-corrected chi connectivity index (χ1v) is 10.6. The van der Waals surface area contributed by atoms with Crippen LogP contribution in [-0.4, -0.2) is 34.7 Å². The van der Waals surface area contributed by atoms with Crippen molar-refractivity contribution >= 4 is 11.7 Å². The number of likely N-dealkylation sites (tertiary alicyclic amines) is 1. The highest BCUT2D eigenvalue weighted by Gasteiger charge is 2.28. The minimum Gasteiger partial charge on any atom is -0.342 e. The highest BCUT2D eigenvalue weighted by atomic mass is 16.2. The first-order valence-electron chi connectivity index (χ1n) is 10.6. The Morgan fingerprint density at radius 3 is 2.33 bits per heavy atom. The van der Waals surface area contributed by atoms with Crippen LogP contribution in [0.1, 0.15) is 35.2 Å². The fourth-order valence-electron chi connectivity index (χ4n) is 4.07. The van der Waals surface area contributed by atoms with Gasteiger partial charge in [0.25, 0.3) is 0 Å². The highest BCUT2D eigenvalue weighted by Crippen LogP contribution is 2.24. The Morgan fingerprint density at radius 2 is 1.60 bits per heavy atom. The van der Waals surface area contributed by atoms with Gasteiger partial charge in [-0.15, -0.1) is 0 Å². The second-order valence-electron chi connectivity index (χ2n) is 7.84. The van der Waals surface area contributed by atoms with E-state index in [0.29, 0.717) is 19.4 Å². The lowest BCUT2D eigenvalue weighted by molar-refractivity contribution is -0.132. The summed E-state index contributed by atoms with van der Waals surface area (Å²) in [4.78, 5) is 31.6. The maximum atomic E-state index is 13.1. The van der Waals surface area contributed by atoms with Crippen molar-refractivity contribution < 1.29 is 9.59 Å². The van der Waals surface area contributed by atoms with Crippen LogP contribution in [0.25, 0.3) is 11.1 Å². The summed E-state index contributed by atoms with van der Waals surface area (Å²) in [6.45, 7) is 1.26. The van der Waals surface area contributed by atoms with Crippen LogP contribution in [-0.2, 0) is 11.2 Å². The van der Waals surface area contributed by atoms with Crippen molar-refractivity contribution in [1.29, 1.82) is 0 Å². The van der Waals surface area contributed by atoms with Gasteiger partial charge >= 0.3 is 0 Å². The van der Waals surface area contributed by atoms with E-state index in [-0.39, 0.29) is 17.6 Å². The van der Waals surface area contributed by atoms with Crippen molar-refractivity contribution in [3.05, 3.63) is 90.3 Å². The van der Waals surface area contributed by atoms with Gasteiger partial charge in [0.05, 0.1) is 0 Å². The van der Waals surface area contributed by atoms with E-state index < -0.39 is 0 Å². The van der Waals surface area contributed by atoms with Crippen molar-refractivity contribution in [2.24, 2.45) is 5.92 Å². The molecular formula is C26H26N2O2. The number of aromatic nitrogens is 1. The number of amides is 1. The van der Waals surface area contributed by atoms with Gasteiger partial charge in [-0.25, -0.2) is 0 Å². The third kappa shape index (κ3) is 4.82. The van der Waals surface area contributed by atoms with Crippen LogP contribution in [0, 0.1) is 5.92 Å². The number of Topliss-reactive ketones (excluding diaryl/α,β-unsaturated/α-hetero) is 1. The van der Waals surface area contributed by atoms with Crippen LogP contribution in [0.2, 0.25) is 0 Å². The first-order chi connectivity index (χ1) is 14.7. The molecule has 0 spiro atoms. The minimum absolute atomic E-state index is 0.119. The number of rotatable bonds is 6. The molecule has 1 atom stereocenters. The Bertz CT molecular complexity index is 985. The summed E-state index contributed by atoms with van der Waals surface area (Å²) in [6, 6.07) is 21.8. The largest absolute Gasteiger partial charge is 0.342 e. The van der Waals surface area contributed by atoms with Gasteiger partial charge in [0.1, 0.15) is 0 Å². The number of ketones is 1. The van der Waals surface area contributed by atoms with E-state index in [9.17, 15) is 9.59 Å². The summed E-state index contributed by atoms with van der Waals surface area (Å²) in [5, 5.41) is 0. The molecule has 0 saturated carbocycles. The van der Waals surface area contributed by atoms with Crippen molar-refractivity contribution in [2.75, 3.05) is 13.1 Å². The molecule has 0 unspecified atom stereocenters. The predicted octanol–water partition coefficient (Wildman–Crippen LogP) is 4.80. The average molecular weight is 399 g/mol. The van der Waals surface area contributed by atoms with Gasteiger partial charge in [0.2, 0.25) is 5.91 Å². The number of benzene rings is 2. The molecule has 0 aliphatic carbocycles. The van der Waals surface area contributed by atoms with Crippen molar-refractivity contribution in [2.45, 2.75) is 25.7 Å². The molecule has 4 heteroatoms. The second kappa shape index (κ2) is 9.49. The molecule has 4 nitrogen and oxygen atoms in total. The summed E-state index contributed by atoms with van der Waals surface area (Å²) in [7, 11) is 0. The van der Waals surface area contributed by atoms with E-state index in [1.54, 1.807) is 12.4 Å². The van der Waals surface area contributed by atoms with Crippen LogP contribution in [0.4, 0.5) is 0 Å². The van der Waals surface area contributed by atoms with Gasteiger partial charge in [-0.1, -0.05) is 54.6 Å². The summed E-state index contributed by atoms with van der Waals surface area (Å²) < 4.78 is 0. The topological polar surface area (TPSA) is 50.3 Å². The number of pyridine rings is 1. The third-order valence-electron chi connectivity index (χ3n) is 5.80. The normalized spacial score (nSPS) is 16.3. The number of hydrogen-bond donors (Lipinski definition) is 0. The van der Waals surface area contributed by atoms with E-state index in [1.807, 2.05) is 59.5 Å². The molecule has 0 radical (unpaired) electrons. The molecule has 0 N–H and O–H groups in total. The number of nitrogens with zero attached hydrogens (tertiary/aromatic N) is 2. The monoisotopic (exact) mass is 398 g/mol. The fraction of sp³-hybridized carbons (Fsp3) is 0.269. The molecule has 0 bridgehead atoms. The zero-order chi connectivity index (χ0) is 20.8. The van der Waals surface area contributed by atoms with Gasteiger partial charge in [-0.3, -0.25) is 14.6 Å². The molecule has 1 aromatic heterocycles. The molecule has 4 rings (SSSR count). The molecular weight excluding hydrogens is 372 g/mol. The number of hydrogen-bond acceptors (Lipinski definition) is 3. The Morgan fingerprint density at radius 1 is 0.900 bits per heavy atom. The lowest BCUT2D eigenvalue weighted by Gasteiger charge is -2.32. The van der Waals surface area contributed by atoms with Crippen LogP contribution in [0.15, 0.2) is 79.1 Å². The van der Waals surface area contributed by atoms with Gasteiger partial charge in [-0.05, 0) is 48.1 Å². The summed E-state index contributed by atoms with van der Waals surface area (Å²) >= 11 is 0. The quantitative estimate of drug-likeness (QED) is 0.560.